The summed E-state index contributed by atoms with van der Waals surface area (Å²) in [5, 5.41) is 7.00. The zero-order valence-electron chi connectivity index (χ0n) is 11.6. The van der Waals surface area contributed by atoms with E-state index in [-0.39, 0.29) is 0 Å². The molecule has 0 fully saturated rings. The number of ether oxygens (including phenoxy) is 1. The van der Waals surface area contributed by atoms with Crippen LogP contribution in [0.3, 0.4) is 0 Å². The molecule has 2 N–H and O–H groups in total. The lowest BCUT2D eigenvalue weighted by Gasteiger charge is -2.12. The Labute approximate surface area is 126 Å². The number of nitrogens with one attached hydrogen (secondary N) is 2. The summed E-state index contributed by atoms with van der Waals surface area (Å²) in [6.07, 6.45) is 3.15. The van der Waals surface area contributed by atoms with Crippen molar-refractivity contribution < 1.29 is 4.74 Å². The predicted octanol–water partition coefficient (Wildman–Crippen LogP) is 3.18. The van der Waals surface area contributed by atoms with Gasteiger partial charge in [0.05, 0.1) is 7.11 Å². The summed E-state index contributed by atoms with van der Waals surface area (Å²) < 4.78 is 5.92. The van der Waals surface area contributed by atoms with E-state index in [9.17, 15) is 0 Å². The van der Waals surface area contributed by atoms with Gasteiger partial charge in [0, 0.05) is 16.6 Å². The van der Waals surface area contributed by atoms with Crippen LogP contribution in [0.25, 0.3) is 22.3 Å². The number of aromatic nitrogens is 4. The highest BCUT2D eigenvalue weighted by molar-refractivity contribution is 7.71. The van der Waals surface area contributed by atoms with Crippen molar-refractivity contribution in [3.63, 3.8) is 0 Å². The summed E-state index contributed by atoms with van der Waals surface area (Å²) in [7, 11) is 1.67. The maximum absolute atomic E-state index is 5.46. The van der Waals surface area contributed by atoms with Gasteiger partial charge in [-0.2, -0.15) is 4.98 Å². The number of aryl methyl sites for hydroxylation is 1. The van der Waals surface area contributed by atoms with Crippen molar-refractivity contribution in [3.8, 4) is 17.1 Å². The van der Waals surface area contributed by atoms with Crippen LogP contribution in [0.5, 0.6) is 5.75 Å². The average molecular weight is 298 g/mol. The molecular weight excluding hydrogens is 284 g/mol. The van der Waals surface area contributed by atoms with Crippen molar-refractivity contribution in [2.75, 3.05) is 7.11 Å². The number of benzene rings is 1. The second kappa shape index (κ2) is 4.66. The molecule has 0 amide bonds. The van der Waals surface area contributed by atoms with Crippen LogP contribution in [0.2, 0.25) is 0 Å². The van der Waals surface area contributed by atoms with Crippen molar-refractivity contribution >= 4 is 23.1 Å². The zero-order chi connectivity index (χ0) is 14.4. The Kier molecular flexibility index (Phi) is 2.78. The number of methoxy groups -OCH3 is 1. The molecule has 0 atom stereocenters. The molecule has 3 aromatic rings. The zero-order valence-corrected chi connectivity index (χ0v) is 12.4. The molecule has 1 aromatic carbocycles. The number of fused-ring (bicyclic) bond motifs is 2. The van der Waals surface area contributed by atoms with Crippen molar-refractivity contribution in [2.45, 2.75) is 19.3 Å². The van der Waals surface area contributed by atoms with Crippen LogP contribution >= 0.6 is 12.2 Å². The van der Waals surface area contributed by atoms with Crippen LogP contribution in [0.4, 0.5) is 0 Å². The van der Waals surface area contributed by atoms with E-state index in [1.165, 1.54) is 5.56 Å². The highest BCUT2D eigenvalue weighted by Crippen LogP contribution is 2.38. The minimum absolute atomic E-state index is 0.463. The first-order chi connectivity index (χ1) is 10.3. The van der Waals surface area contributed by atoms with Crippen molar-refractivity contribution in [2.24, 2.45) is 0 Å². The number of hydrogen-bond donors (Lipinski definition) is 2. The molecule has 6 heteroatoms. The molecule has 106 valence electrons. The van der Waals surface area contributed by atoms with Crippen LogP contribution in [0.1, 0.15) is 17.7 Å². The Morgan fingerprint density at radius 1 is 1.19 bits per heavy atom. The lowest BCUT2D eigenvalue weighted by Crippen LogP contribution is -1.98. The summed E-state index contributed by atoms with van der Waals surface area (Å²) in [5.41, 5.74) is 4.40. The Morgan fingerprint density at radius 2 is 2.10 bits per heavy atom. The maximum Gasteiger partial charge on any atom is 0.213 e. The summed E-state index contributed by atoms with van der Waals surface area (Å²) in [4.78, 5) is 9.22. The van der Waals surface area contributed by atoms with Gasteiger partial charge in [0.15, 0.2) is 5.82 Å². The molecule has 1 aliphatic carbocycles. The van der Waals surface area contributed by atoms with Crippen LogP contribution in [-0.4, -0.2) is 27.3 Å². The third kappa shape index (κ3) is 1.86. The fourth-order valence-corrected chi connectivity index (χ4v) is 3.22. The van der Waals surface area contributed by atoms with Gasteiger partial charge < -0.3 is 4.74 Å². The second-order valence-electron chi connectivity index (χ2n) is 5.14. The van der Waals surface area contributed by atoms with E-state index in [0.29, 0.717) is 4.77 Å². The van der Waals surface area contributed by atoms with Gasteiger partial charge in [0.2, 0.25) is 4.77 Å². The molecule has 0 saturated heterocycles. The molecule has 0 unspecified atom stereocenters. The number of hydrogen-bond acceptors (Lipinski definition) is 4. The largest absolute Gasteiger partial charge is 0.494 e. The van der Waals surface area contributed by atoms with Gasteiger partial charge in [-0.05, 0) is 43.1 Å². The number of aromatic amines is 2. The molecule has 0 aliphatic heterocycles. The molecule has 0 spiro atoms. The molecule has 2 heterocycles. The number of nitrogens with zero attached hydrogens (tertiary/aromatic N) is 2. The first kappa shape index (κ1) is 12.5. The van der Waals surface area contributed by atoms with E-state index in [2.05, 4.69) is 21.2 Å². The normalized spacial score (nSPS) is 13.6. The number of para-hydroxylation sites is 1. The van der Waals surface area contributed by atoms with Gasteiger partial charge in [-0.25, -0.2) is 4.98 Å². The van der Waals surface area contributed by atoms with Crippen LogP contribution in [0.15, 0.2) is 18.2 Å². The molecule has 1 aliphatic rings. The molecular formula is C15H14N4OS. The molecule has 21 heavy (non-hydrogen) atoms. The number of H-pyrrole nitrogens is 2. The fraction of sp³-hybridized carbons (Fsp3) is 0.267. The number of pyridine rings is 1. The van der Waals surface area contributed by atoms with Gasteiger partial charge in [-0.15, -0.1) is 0 Å². The first-order valence-corrected chi connectivity index (χ1v) is 7.32. The summed E-state index contributed by atoms with van der Waals surface area (Å²) in [6.45, 7) is 0. The Bertz CT molecular complexity index is 896. The minimum Gasteiger partial charge on any atom is -0.494 e. The van der Waals surface area contributed by atoms with Crippen molar-refractivity contribution in [1.82, 2.24) is 20.2 Å². The quantitative estimate of drug-likeness (QED) is 0.713. The predicted molar refractivity (Wildman–Crippen MR) is 83.1 cm³/mol. The minimum atomic E-state index is 0.463. The maximum atomic E-state index is 5.46. The van der Waals surface area contributed by atoms with E-state index in [1.807, 2.05) is 12.1 Å². The van der Waals surface area contributed by atoms with E-state index in [1.54, 1.807) is 7.11 Å². The lowest BCUT2D eigenvalue weighted by atomic mass is 10.0. The molecule has 0 bridgehead atoms. The molecule has 0 saturated carbocycles. The topological polar surface area (TPSA) is 66.6 Å². The standard InChI is InChI=1S/C15H14N4OS/c1-20-11-7-3-5-9-12(14-17-15(21)19-18-14)8-4-2-6-10(8)16-13(9)11/h3,5,7H,2,4,6H2,1H3,(H2,17,18,19,21). The molecule has 2 aromatic heterocycles. The van der Waals surface area contributed by atoms with Crippen LogP contribution < -0.4 is 4.74 Å². The van der Waals surface area contributed by atoms with Crippen molar-refractivity contribution in [1.29, 1.82) is 0 Å². The summed E-state index contributed by atoms with van der Waals surface area (Å²) in [5.74, 6) is 1.57. The Morgan fingerprint density at radius 3 is 2.86 bits per heavy atom. The number of rotatable bonds is 2. The van der Waals surface area contributed by atoms with Gasteiger partial charge in [0.25, 0.3) is 0 Å². The van der Waals surface area contributed by atoms with E-state index in [0.717, 1.165) is 53.0 Å². The van der Waals surface area contributed by atoms with Gasteiger partial charge >= 0.3 is 0 Å². The first-order valence-electron chi connectivity index (χ1n) is 6.91. The Hall–Kier alpha value is -2.21. The monoisotopic (exact) mass is 298 g/mol. The van der Waals surface area contributed by atoms with E-state index in [4.69, 9.17) is 21.9 Å². The molecule has 0 radical (unpaired) electrons. The summed E-state index contributed by atoms with van der Waals surface area (Å²) >= 11 is 5.09. The summed E-state index contributed by atoms with van der Waals surface area (Å²) in [6, 6.07) is 5.98. The fourth-order valence-electron chi connectivity index (χ4n) is 3.08. The lowest BCUT2D eigenvalue weighted by molar-refractivity contribution is 0.419. The van der Waals surface area contributed by atoms with E-state index < -0.39 is 0 Å². The van der Waals surface area contributed by atoms with Gasteiger partial charge in [-0.3, -0.25) is 10.2 Å². The third-order valence-electron chi connectivity index (χ3n) is 3.96. The van der Waals surface area contributed by atoms with Crippen LogP contribution in [-0.2, 0) is 12.8 Å². The smallest absolute Gasteiger partial charge is 0.213 e. The average Bonchev–Trinajstić information content (AvgIpc) is 3.12. The Balaban J connectivity index is 2.14. The van der Waals surface area contributed by atoms with Crippen molar-refractivity contribution in [3.05, 3.63) is 34.2 Å². The third-order valence-corrected chi connectivity index (χ3v) is 4.16. The van der Waals surface area contributed by atoms with Crippen LogP contribution in [0, 0.1) is 4.77 Å². The molecule has 4 rings (SSSR count). The molecule has 5 nitrogen and oxygen atoms in total. The SMILES string of the molecule is COc1cccc2c(-c3nc(=S)[nH][nH]3)c3c(nc12)CCC3. The van der Waals surface area contributed by atoms with Gasteiger partial charge in [0.1, 0.15) is 11.3 Å². The second-order valence-corrected chi connectivity index (χ2v) is 5.52. The highest BCUT2D eigenvalue weighted by atomic mass is 32.1. The highest BCUT2D eigenvalue weighted by Gasteiger charge is 2.23. The van der Waals surface area contributed by atoms with Gasteiger partial charge in [-0.1, -0.05) is 12.1 Å². The van der Waals surface area contributed by atoms with E-state index >= 15 is 0 Å².